The van der Waals surface area contributed by atoms with Gasteiger partial charge in [0.05, 0.1) is 0 Å². The molecule has 1 unspecified atom stereocenters. The minimum Gasteiger partial charge on any atom is -0.309 e. The van der Waals surface area contributed by atoms with E-state index in [2.05, 4.69) is 55.3 Å². The van der Waals surface area contributed by atoms with Gasteiger partial charge in [0, 0.05) is 25.2 Å². The minimum absolute atomic E-state index is 0.332. The van der Waals surface area contributed by atoms with E-state index in [9.17, 15) is 0 Å². The van der Waals surface area contributed by atoms with Crippen LogP contribution in [-0.4, -0.2) is 30.6 Å². The molecule has 1 aromatic carbocycles. The van der Waals surface area contributed by atoms with Gasteiger partial charge >= 0.3 is 0 Å². The van der Waals surface area contributed by atoms with Gasteiger partial charge in [-0.05, 0) is 48.8 Å². The summed E-state index contributed by atoms with van der Waals surface area (Å²) in [6.07, 6.45) is 5.37. The van der Waals surface area contributed by atoms with Crippen LogP contribution in [0, 0.1) is 0 Å². The van der Waals surface area contributed by atoms with E-state index in [4.69, 9.17) is 0 Å². The zero-order valence-electron chi connectivity index (χ0n) is 13.9. The molecule has 21 heavy (non-hydrogen) atoms. The van der Waals surface area contributed by atoms with Gasteiger partial charge in [-0.15, -0.1) is 0 Å². The molecule has 0 aromatic heterocycles. The molecule has 2 aliphatic rings. The number of hydrogen-bond donors (Lipinski definition) is 1. The van der Waals surface area contributed by atoms with Gasteiger partial charge in [0.25, 0.3) is 0 Å². The highest BCUT2D eigenvalue weighted by atomic mass is 15.2. The van der Waals surface area contributed by atoms with E-state index in [1.54, 1.807) is 5.56 Å². The van der Waals surface area contributed by atoms with Crippen molar-refractivity contribution in [3.63, 3.8) is 0 Å². The Bertz CT molecular complexity index is 476. The van der Waals surface area contributed by atoms with E-state index in [-0.39, 0.29) is 0 Å². The molecule has 0 radical (unpaired) electrons. The molecule has 0 amide bonds. The monoisotopic (exact) mass is 286 g/mol. The minimum atomic E-state index is 0.332. The third-order valence-corrected chi connectivity index (χ3v) is 5.38. The number of rotatable bonds is 6. The molecule has 3 rings (SSSR count). The molecule has 0 spiro atoms. The molecule has 1 saturated carbocycles. The number of nitrogens with zero attached hydrogens (tertiary/aromatic N) is 1. The first-order valence-electron chi connectivity index (χ1n) is 8.68. The van der Waals surface area contributed by atoms with Gasteiger partial charge in [-0.3, -0.25) is 4.90 Å². The molecule has 1 atom stereocenters. The number of hydrogen-bond acceptors (Lipinski definition) is 2. The second-order valence-corrected chi connectivity index (χ2v) is 7.38. The summed E-state index contributed by atoms with van der Waals surface area (Å²) in [5, 5.41) is 3.82. The van der Waals surface area contributed by atoms with Gasteiger partial charge in [0.1, 0.15) is 0 Å². The van der Waals surface area contributed by atoms with E-state index in [0.717, 1.165) is 12.6 Å². The Balaban J connectivity index is 1.61. The number of nitrogens with one attached hydrogen (secondary N) is 1. The maximum Gasteiger partial charge on any atom is 0.0324 e. The lowest BCUT2D eigenvalue weighted by Gasteiger charge is -2.37. The summed E-state index contributed by atoms with van der Waals surface area (Å²) >= 11 is 0. The second-order valence-electron chi connectivity index (χ2n) is 7.38. The van der Waals surface area contributed by atoms with E-state index < -0.39 is 0 Å². The average molecular weight is 286 g/mol. The Morgan fingerprint density at radius 1 is 1.19 bits per heavy atom. The summed E-state index contributed by atoms with van der Waals surface area (Å²) in [4.78, 5) is 2.63. The van der Waals surface area contributed by atoms with Crippen molar-refractivity contribution in [2.75, 3.05) is 19.6 Å². The number of likely N-dealkylation sites (N-methyl/N-ethyl adjacent to an activating group) is 1. The Labute approximate surface area is 129 Å². The molecule has 116 valence electrons. The SMILES string of the molecule is CCN(CCNC1CCC(C)(C)c2ccccc21)C1CC1. The predicted octanol–water partition coefficient (Wildman–Crippen LogP) is 3.87. The third kappa shape index (κ3) is 3.32. The normalized spacial score (nSPS) is 24.1. The molecule has 0 aliphatic heterocycles. The van der Waals surface area contributed by atoms with E-state index >= 15 is 0 Å². The lowest BCUT2D eigenvalue weighted by Crippen LogP contribution is -2.38. The number of fused-ring (bicyclic) bond motifs is 1. The zero-order valence-corrected chi connectivity index (χ0v) is 13.9. The lowest BCUT2D eigenvalue weighted by molar-refractivity contribution is 0.265. The van der Waals surface area contributed by atoms with Crippen molar-refractivity contribution in [1.82, 2.24) is 10.2 Å². The van der Waals surface area contributed by atoms with Crippen molar-refractivity contribution in [2.24, 2.45) is 0 Å². The van der Waals surface area contributed by atoms with Gasteiger partial charge in [0.2, 0.25) is 0 Å². The fourth-order valence-corrected chi connectivity index (χ4v) is 3.85. The highest BCUT2D eigenvalue weighted by Gasteiger charge is 2.32. The Morgan fingerprint density at radius 3 is 2.67 bits per heavy atom. The molecule has 1 fully saturated rings. The zero-order chi connectivity index (χ0) is 14.9. The topological polar surface area (TPSA) is 15.3 Å². The Kier molecular flexibility index (Phi) is 4.37. The van der Waals surface area contributed by atoms with Crippen LogP contribution in [0.1, 0.15) is 63.6 Å². The van der Waals surface area contributed by atoms with Crippen LogP contribution in [0.25, 0.3) is 0 Å². The van der Waals surface area contributed by atoms with Gasteiger partial charge < -0.3 is 5.32 Å². The van der Waals surface area contributed by atoms with Crippen molar-refractivity contribution in [3.8, 4) is 0 Å². The fraction of sp³-hybridized carbons (Fsp3) is 0.684. The average Bonchev–Trinajstić information content (AvgIpc) is 3.31. The van der Waals surface area contributed by atoms with Gasteiger partial charge in [-0.25, -0.2) is 0 Å². The Morgan fingerprint density at radius 2 is 1.95 bits per heavy atom. The van der Waals surface area contributed by atoms with Crippen LogP contribution in [0.15, 0.2) is 24.3 Å². The largest absolute Gasteiger partial charge is 0.309 e. The van der Waals surface area contributed by atoms with Crippen LogP contribution in [0.2, 0.25) is 0 Å². The molecular formula is C19H30N2. The first-order chi connectivity index (χ1) is 10.1. The van der Waals surface area contributed by atoms with Crippen LogP contribution < -0.4 is 5.32 Å². The van der Waals surface area contributed by atoms with Gasteiger partial charge in [-0.2, -0.15) is 0 Å². The summed E-state index contributed by atoms with van der Waals surface area (Å²) in [5.74, 6) is 0. The molecule has 1 N–H and O–H groups in total. The van der Waals surface area contributed by atoms with Crippen molar-refractivity contribution in [1.29, 1.82) is 0 Å². The molecule has 0 saturated heterocycles. The smallest absolute Gasteiger partial charge is 0.0324 e. The molecule has 2 aliphatic carbocycles. The molecule has 2 heteroatoms. The highest BCUT2D eigenvalue weighted by molar-refractivity contribution is 5.38. The van der Waals surface area contributed by atoms with Crippen LogP contribution >= 0.6 is 0 Å². The molecule has 2 nitrogen and oxygen atoms in total. The third-order valence-electron chi connectivity index (χ3n) is 5.38. The molecule has 0 heterocycles. The molecule has 1 aromatic rings. The van der Waals surface area contributed by atoms with Crippen LogP contribution in [0.3, 0.4) is 0 Å². The van der Waals surface area contributed by atoms with Crippen LogP contribution in [-0.2, 0) is 5.41 Å². The van der Waals surface area contributed by atoms with E-state index in [1.807, 2.05) is 0 Å². The van der Waals surface area contributed by atoms with E-state index in [1.165, 1.54) is 44.3 Å². The quantitative estimate of drug-likeness (QED) is 0.854. The van der Waals surface area contributed by atoms with Crippen molar-refractivity contribution in [2.45, 2.75) is 64.0 Å². The maximum atomic E-state index is 3.82. The van der Waals surface area contributed by atoms with E-state index in [0.29, 0.717) is 11.5 Å². The van der Waals surface area contributed by atoms with Crippen molar-refractivity contribution in [3.05, 3.63) is 35.4 Å². The maximum absolute atomic E-state index is 3.82. The molecular weight excluding hydrogens is 256 g/mol. The van der Waals surface area contributed by atoms with Crippen molar-refractivity contribution >= 4 is 0 Å². The summed E-state index contributed by atoms with van der Waals surface area (Å²) < 4.78 is 0. The first-order valence-corrected chi connectivity index (χ1v) is 8.68. The fourth-order valence-electron chi connectivity index (χ4n) is 3.85. The summed E-state index contributed by atoms with van der Waals surface area (Å²) in [5.41, 5.74) is 3.41. The first kappa shape index (κ1) is 15.1. The lowest BCUT2D eigenvalue weighted by atomic mass is 9.71. The summed E-state index contributed by atoms with van der Waals surface area (Å²) in [6.45, 7) is 10.6. The highest BCUT2D eigenvalue weighted by Crippen LogP contribution is 2.41. The second kappa shape index (κ2) is 6.10. The van der Waals surface area contributed by atoms with Gasteiger partial charge in [-0.1, -0.05) is 45.0 Å². The van der Waals surface area contributed by atoms with Crippen LogP contribution in [0.5, 0.6) is 0 Å². The number of benzene rings is 1. The summed E-state index contributed by atoms with van der Waals surface area (Å²) in [7, 11) is 0. The predicted molar refractivity (Wildman–Crippen MR) is 89.7 cm³/mol. The van der Waals surface area contributed by atoms with Gasteiger partial charge in [0.15, 0.2) is 0 Å². The summed E-state index contributed by atoms with van der Waals surface area (Å²) in [6, 6.07) is 10.5. The molecule has 0 bridgehead atoms. The van der Waals surface area contributed by atoms with Crippen LogP contribution in [0.4, 0.5) is 0 Å². The van der Waals surface area contributed by atoms with Crippen molar-refractivity contribution < 1.29 is 0 Å². The Hall–Kier alpha value is -0.860. The standard InChI is InChI=1S/C19H30N2/c1-4-21(15-9-10-15)14-13-20-18-11-12-19(2,3)17-8-6-5-7-16(17)18/h5-8,15,18,20H,4,9-14H2,1-3H3.